The Morgan fingerprint density at radius 3 is 2.37 bits per heavy atom. The van der Waals surface area contributed by atoms with E-state index >= 15 is 0 Å². The van der Waals surface area contributed by atoms with Crippen molar-refractivity contribution in [2.45, 2.75) is 18.7 Å². The molecule has 1 aliphatic rings. The van der Waals surface area contributed by atoms with E-state index in [-0.39, 0.29) is 15.1 Å². The molecule has 0 amide bonds. The topological polar surface area (TPSA) is 63.4 Å². The smallest absolute Gasteiger partial charge is 0.245 e. The van der Waals surface area contributed by atoms with Gasteiger partial charge in [0.05, 0.1) is 10.2 Å². The van der Waals surface area contributed by atoms with Gasteiger partial charge in [-0.1, -0.05) is 13.8 Å². The number of anilines is 1. The second-order valence-electron chi connectivity index (χ2n) is 5.08. The Morgan fingerprint density at radius 1 is 1.32 bits per heavy atom. The Morgan fingerprint density at radius 2 is 1.84 bits per heavy atom. The zero-order valence-corrected chi connectivity index (χ0v) is 13.1. The molecule has 1 saturated heterocycles. The van der Waals surface area contributed by atoms with Gasteiger partial charge >= 0.3 is 0 Å². The van der Waals surface area contributed by atoms with E-state index in [1.807, 2.05) is 13.8 Å². The van der Waals surface area contributed by atoms with Crippen molar-refractivity contribution in [3.63, 3.8) is 0 Å². The first kappa shape index (κ1) is 14.7. The number of hydrogen-bond acceptors (Lipinski definition) is 3. The van der Waals surface area contributed by atoms with Crippen LogP contribution in [0, 0.1) is 17.7 Å². The fourth-order valence-corrected chi connectivity index (χ4v) is 4.44. The normalized spacial score (nSPS) is 24.8. The van der Waals surface area contributed by atoms with Crippen LogP contribution >= 0.6 is 15.9 Å². The van der Waals surface area contributed by atoms with Crippen molar-refractivity contribution in [3.05, 3.63) is 22.4 Å². The van der Waals surface area contributed by atoms with E-state index < -0.39 is 15.8 Å². The molecule has 0 bridgehead atoms. The Labute approximate surface area is 121 Å². The van der Waals surface area contributed by atoms with Crippen molar-refractivity contribution in [2.24, 2.45) is 11.8 Å². The fourth-order valence-electron chi connectivity index (χ4n) is 2.18. The lowest BCUT2D eigenvalue weighted by molar-refractivity contribution is 0.463. The molecular formula is C12H16BrFN2O2S. The molecule has 2 N–H and O–H groups in total. The molecule has 7 heteroatoms. The Kier molecular flexibility index (Phi) is 3.90. The molecule has 0 radical (unpaired) electrons. The predicted molar refractivity (Wildman–Crippen MR) is 75.6 cm³/mol. The second-order valence-corrected chi connectivity index (χ2v) is 7.84. The molecule has 1 aliphatic heterocycles. The van der Waals surface area contributed by atoms with E-state index in [0.717, 1.165) is 6.07 Å². The van der Waals surface area contributed by atoms with Crippen LogP contribution in [0.2, 0.25) is 0 Å². The van der Waals surface area contributed by atoms with Crippen molar-refractivity contribution >= 4 is 31.6 Å². The summed E-state index contributed by atoms with van der Waals surface area (Å²) in [5.41, 5.74) is 5.58. The number of nitrogen functional groups attached to an aromatic ring is 1. The average Bonchev–Trinajstić information content (AvgIpc) is 2.65. The summed E-state index contributed by atoms with van der Waals surface area (Å²) in [5, 5.41) is 0. The summed E-state index contributed by atoms with van der Waals surface area (Å²) < 4.78 is 39.9. The van der Waals surface area contributed by atoms with Gasteiger partial charge < -0.3 is 5.73 Å². The molecule has 2 atom stereocenters. The standard InChI is InChI=1S/C12H16BrFN2O2S/c1-7-5-16(6-8(7)2)19(17,18)12-3-9(13)10(14)4-11(12)15/h3-4,7-8H,5-6,15H2,1-2H3. The van der Waals surface area contributed by atoms with Crippen LogP contribution in [0.4, 0.5) is 10.1 Å². The zero-order chi connectivity index (χ0) is 14.4. The van der Waals surface area contributed by atoms with Gasteiger partial charge in [-0.3, -0.25) is 0 Å². The lowest BCUT2D eigenvalue weighted by Gasteiger charge is -2.18. The summed E-state index contributed by atoms with van der Waals surface area (Å²) in [6, 6.07) is 2.26. The number of benzene rings is 1. The minimum atomic E-state index is -3.66. The third-order valence-electron chi connectivity index (χ3n) is 3.63. The van der Waals surface area contributed by atoms with Crippen LogP contribution < -0.4 is 5.73 Å². The molecule has 1 heterocycles. The molecule has 1 aromatic carbocycles. The summed E-state index contributed by atoms with van der Waals surface area (Å²) in [4.78, 5) is -0.0397. The SMILES string of the molecule is CC1CN(S(=O)(=O)c2cc(Br)c(F)cc2N)CC1C. The van der Waals surface area contributed by atoms with Crippen molar-refractivity contribution < 1.29 is 12.8 Å². The van der Waals surface area contributed by atoms with Crippen molar-refractivity contribution in [1.82, 2.24) is 4.31 Å². The molecule has 4 nitrogen and oxygen atoms in total. The summed E-state index contributed by atoms with van der Waals surface area (Å²) in [5.74, 6) is 0.0411. The van der Waals surface area contributed by atoms with Crippen LogP contribution in [0.5, 0.6) is 0 Å². The molecule has 1 aromatic rings. The molecule has 2 rings (SSSR count). The highest BCUT2D eigenvalue weighted by molar-refractivity contribution is 9.10. The second kappa shape index (κ2) is 5.03. The van der Waals surface area contributed by atoms with Gasteiger partial charge in [0.15, 0.2) is 0 Å². The van der Waals surface area contributed by atoms with Gasteiger partial charge in [0.1, 0.15) is 10.7 Å². The number of rotatable bonds is 2. The van der Waals surface area contributed by atoms with Crippen LogP contribution in [-0.2, 0) is 10.0 Å². The molecule has 0 aliphatic carbocycles. The van der Waals surface area contributed by atoms with Gasteiger partial charge in [-0.05, 0) is 39.9 Å². The maximum atomic E-state index is 13.3. The van der Waals surface area contributed by atoms with Crippen LogP contribution in [0.15, 0.2) is 21.5 Å². The van der Waals surface area contributed by atoms with Crippen molar-refractivity contribution in [2.75, 3.05) is 18.8 Å². The number of hydrogen-bond donors (Lipinski definition) is 1. The van der Waals surface area contributed by atoms with E-state index in [0.29, 0.717) is 24.9 Å². The van der Waals surface area contributed by atoms with E-state index in [9.17, 15) is 12.8 Å². The molecule has 19 heavy (non-hydrogen) atoms. The van der Waals surface area contributed by atoms with E-state index in [4.69, 9.17) is 5.73 Å². The highest BCUT2D eigenvalue weighted by Gasteiger charge is 2.36. The summed E-state index contributed by atoms with van der Waals surface area (Å²) in [6.45, 7) is 4.98. The molecule has 2 unspecified atom stereocenters. The zero-order valence-electron chi connectivity index (χ0n) is 10.7. The number of halogens is 2. The van der Waals surface area contributed by atoms with Gasteiger partial charge in [0.2, 0.25) is 10.0 Å². The van der Waals surface area contributed by atoms with Crippen LogP contribution in [0.3, 0.4) is 0 Å². The molecule has 0 saturated carbocycles. The lowest BCUT2D eigenvalue weighted by Crippen LogP contribution is -2.29. The molecular weight excluding hydrogens is 335 g/mol. The first-order valence-electron chi connectivity index (χ1n) is 5.98. The monoisotopic (exact) mass is 350 g/mol. The molecule has 0 spiro atoms. The fraction of sp³-hybridized carbons (Fsp3) is 0.500. The summed E-state index contributed by atoms with van der Waals surface area (Å²) in [6.07, 6.45) is 0. The van der Waals surface area contributed by atoms with Crippen molar-refractivity contribution in [3.8, 4) is 0 Å². The van der Waals surface area contributed by atoms with E-state index in [1.54, 1.807) is 0 Å². The summed E-state index contributed by atoms with van der Waals surface area (Å²) in [7, 11) is -3.66. The maximum Gasteiger partial charge on any atom is 0.245 e. The first-order chi connectivity index (χ1) is 8.73. The molecule has 0 aromatic heterocycles. The van der Waals surface area contributed by atoms with Crippen molar-refractivity contribution in [1.29, 1.82) is 0 Å². The van der Waals surface area contributed by atoms with E-state index in [2.05, 4.69) is 15.9 Å². The quantitative estimate of drug-likeness (QED) is 0.833. The number of nitrogens with two attached hydrogens (primary N) is 1. The minimum Gasteiger partial charge on any atom is -0.398 e. The van der Waals surface area contributed by atoms with Gasteiger partial charge in [0.25, 0.3) is 0 Å². The van der Waals surface area contributed by atoms with Crippen LogP contribution in [0.25, 0.3) is 0 Å². The Hall–Kier alpha value is -0.660. The third kappa shape index (κ3) is 2.64. The van der Waals surface area contributed by atoms with Gasteiger partial charge in [-0.25, -0.2) is 12.8 Å². The first-order valence-corrected chi connectivity index (χ1v) is 8.21. The third-order valence-corrected chi connectivity index (χ3v) is 6.12. The molecule has 106 valence electrons. The average molecular weight is 351 g/mol. The largest absolute Gasteiger partial charge is 0.398 e. The van der Waals surface area contributed by atoms with E-state index in [1.165, 1.54) is 10.4 Å². The Balaban J connectivity index is 2.43. The van der Waals surface area contributed by atoms with Gasteiger partial charge in [0, 0.05) is 13.1 Å². The van der Waals surface area contributed by atoms with Gasteiger partial charge in [-0.15, -0.1) is 0 Å². The van der Waals surface area contributed by atoms with Crippen LogP contribution in [-0.4, -0.2) is 25.8 Å². The predicted octanol–water partition coefficient (Wildman–Crippen LogP) is 2.45. The number of nitrogens with zero attached hydrogens (tertiary/aromatic N) is 1. The number of sulfonamides is 1. The molecule has 1 fully saturated rings. The van der Waals surface area contributed by atoms with Crippen LogP contribution in [0.1, 0.15) is 13.8 Å². The minimum absolute atomic E-state index is 0.0397. The highest BCUT2D eigenvalue weighted by Crippen LogP contribution is 2.32. The van der Waals surface area contributed by atoms with Gasteiger partial charge in [-0.2, -0.15) is 4.31 Å². The lowest BCUT2D eigenvalue weighted by atomic mass is 10.0. The Bertz CT molecular complexity index is 596. The highest BCUT2D eigenvalue weighted by atomic mass is 79.9. The summed E-state index contributed by atoms with van der Waals surface area (Å²) >= 11 is 2.99. The maximum absolute atomic E-state index is 13.3.